The summed E-state index contributed by atoms with van der Waals surface area (Å²) in [6, 6.07) is 4.03. The second kappa shape index (κ2) is 10.9. The van der Waals surface area contributed by atoms with Crippen molar-refractivity contribution in [3.05, 3.63) is 17.7 Å². The van der Waals surface area contributed by atoms with Crippen LogP contribution in [0.3, 0.4) is 0 Å². The standard InChI is InChI=1S/C24H37N3O5/c1-16-7-6-8-17(2)27(16)22(28)15-26-11-9-19(10-12-26)25-24(29)18-13-20(30-3)23(32-5)21(14-18)31-4/h13-14,16-17,19H,6-12,15H2,1-5H3,(H,25,29). The zero-order chi connectivity index (χ0) is 23.3. The van der Waals surface area contributed by atoms with Gasteiger partial charge in [-0.3, -0.25) is 14.5 Å². The second-order valence-corrected chi connectivity index (χ2v) is 8.87. The summed E-state index contributed by atoms with van der Waals surface area (Å²) in [5.41, 5.74) is 0.463. The molecule has 2 heterocycles. The normalized spacial score (nSPS) is 22.3. The van der Waals surface area contributed by atoms with Crippen LogP contribution in [0.5, 0.6) is 17.2 Å². The van der Waals surface area contributed by atoms with Gasteiger partial charge in [-0.05, 0) is 58.1 Å². The molecule has 0 bridgehead atoms. The summed E-state index contributed by atoms with van der Waals surface area (Å²) in [7, 11) is 4.59. The number of carbonyl (C=O) groups is 2. The number of carbonyl (C=O) groups excluding carboxylic acids is 2. The first-order valence-electron chi connectivity index (χ1n) is 11.5. The van der Waals surface area contributed by atoms with E-state index >= 15 is 0 Å². The molecule has 1 aromatic rings. The van der Waals surface area contributed by atoms with Gasteiger partial charge in [-0.2, -0.15) is 0 Å². The van der Waals surface area contributed by atoms with E-state index in [1.807, 2.05) is 0 Å². The molecule has 2 unspecified atom stereocenters. The number of rotatable bonds is 7. The third-order valence-corrected chi connectivity index (χ3v) is 6.69. The lowest BCUT2D eigenvalue weighted by Crippen LogP contribution is -2.53. The van der Waals surface area contributed by atoms with Crippen LogP contribution in [0, 0.1) is 0 Å². The fraction of sp³-hybridized carbons (Fsp3) is 0.667. The van der Waals surface area contributed by atoms with E-state index in [0.29, 0.717) is 41.4 Å². The number of amides is 2. The molecule has 0 spiro atoms. The van der Waals surface area contributed by atoms with E-state index in [4.69, 9.17) is 14.2 Å². The van der Waals surface area contributed by atoms with Gasteiger partial charge in [0.2, 0.25) is 11.7 Å². The van der Waals surface area contributed by atoms with Crippen LogP contribution in [0.4, 0.5) is 0 Å². The van der Waals surface area contributed by atoms with Crippen LogP contribution in [0.1, 0.15) is 56.3 Å². The molecule has 2 amide bonds. The van der Waals surface area contributed by atoms with Crippen LogP contribution in [-0.2, 0) is 4.79 Å². The highest BCUT2D eigenvalue weighted by molar-refractivity contribution is 5.95. The van der Waals surface area contributed by atoms with Crippen molar-refractivity contribution in [1.29, 1.82) is 0 Å². The largest absolute Gasteiger partial charge is 0.493 e. The summed E-state index contributed by atoms with van der Waals surface area (Å²) in [5.74, 6) is 1.42. The predicted molar refractivity (Wildman–Crippen MR) is 123 cm³/mol. The molecule has 2 aliphatic rings. The van der Waals surface area contributed by atoms with E-state index in [-0.39, 0.29) is 17.9 Å². The van der Waals surface area contributed by atoms with Gasteiger partial charge in [0.05, 0.1) is 27.9 Å². The third kappa shape index (κ3) is 5.46. The molecule has 2 fully saturated rings. The monoisotopic (exact) mass is 447 g/mol. The molecule has 2 atom stereocenters. The molecule has 1 aromatic carbocycles. The van der Waals surface area contributed by atoms with Crippen LogP contribution < -0.4 is 19.5 Å². The van der Waals surface area contributed by atoms with Gasteiger partial charge in [0.1, 0.15) is 0 Å². The van der Waals surface area contributed by atoms with Crippen molar-refractivity contribution >= 4 is 11.8 Å². The lowest BCUT2D eigenvalue weighted by Gasteiger charge is -2.41. The Morgan fingerprint density at radius 1 is 0.938 bits per heavy atom. The number of benzene rings is 1. The summed E-state index contributed by atoms with van der Waals surface area (Å²) in [4.78, 5) is 30.0. The van der Waals surface area contributed by atoms with Gasteiger partial charge in [0, 0.05) is 36.8 Å². The molecule has 32 heavy (non-hydrogen) atoms. The van der Waals surface area contributed by atoms with E-state index in [1.54, 1.807) is 12.1 Å². The predicted octanol–water partition coefficient (Wildman–Crippen LogP) is 2.70. The quantitative estimate of drug-likeness (QED) is 0.692. The highest BCUT2D eigenvalue weighted by Crippen LogP contribution is 2.38. The minimum absolute atomic E-state index is 0.0702. The molecule has 2 saturated heterocycles. The molecule has 178 valence electrons. The Kier molecular flexibility index (Phi) is 8.23. The van der Waals surface area contributed by atoms with Gasteiger partial charge in [-0.15, -0.1) is 0 Å². The van der Waals surface area contributed by atoms with Crippen molar-refractivity contribution in [1.82, 2.24) is 15.1 Å². The Morgan fingerprint density at radius 2 is 1.50 bits per heavy atom. The van der Waals surface area contributed by atoms with Crippen molar-refractivity contribution in [2.24, 2.45) is 0 Å². The Labute approximate surface area is 191 Å². The van der Waals surface area contributed by atoms with Crippen molar-refractivity contribution in [3.63, 3.8) is 0 Å². The number of methoxy groups -OCH3 is 3. The zero-order valence-electron chi connectivity index (χ0n) is 20.0. The number of ether oxygens (including phenoxy) is 3. The SMILES string of the molecule is COc1cc(C(=O)NC2CCN(CC(=O)N3C(C)CCCC3C)CC2)cc(OC)c1OC. The first-order valence-corrected chi connectivity index (χ1v) is 11.5. The molecule has 0 saturated carbocycles. The highest BCUT2D eigenvalue weighted by Gasteiger charge is 2.31. The molecule has 0 aromatic heterocycles. The minimum Gasteiger partial charge on any atom is -0.493 e. The first kappa shape index (κ1) is 24.2. The van der Waals surface area contributed by atoms with E-state index in [9.17, 15) is 9.59 Å². The average molecular weight is 448 g/mol. The molecule has 8 nitrogen and oxygen atoms in total. The number of nitrogens with one attached hydrogen (secondary N) is 1. The smallest absolute Gasteiger partial charge is 0.251 e. The van der Waals surface area contributed by atoms with Crippen molar-refractivity contribution in [3.8, 4) is 17.2 Å². The Morgan fingerprint density at radius 3 is 2.00 bits per heavy atom. The van der Waals surface area contributed by atoms with Gasteiger partial charge in [-0.1, -0.05) is 0 Å². The van der Waals surface area contributed by atoms with Crippen LogP contribution in [0.2, 0.25) is 0 Å². The number of hydrogen-bond donors (Lipinski definition) is 1. The molecule has 0 radical (unpaired) electrons. The van der Waals surface area contributed by atoms with Crippen molar-refractivity contribution < 1.29 is 23.8 Å². The lowest BCUT2D eigenvalue weighted by molar-refractivity contribution is -0.138. The van der Waals surface area contributed by atoms with Gasteiger partial charge in [0.25, 0.3) is 5.91 Å². The van der Waals surface area contributed by atoms with Crippen LogP contribution in [-0.4, -0.2) is 80.7 Å². The molecule has 1 N–H and O–H groups in total. The van der Waals surface area contributed by atoms with E-state index < -0.39 is 0 Å². The summed E-state index contributed by atoms with van der Waals surface area (Å²) in [6.07, 6.45) is 5.00. The summed E-state index contributed by atoms with van der Waals surface area (Å²) < 4.78 is 16.0. The number of piperidine rings is 2. The van der Waals surface area contributed by atoms with Gasteiger partial charge >= 0.3 is 0 Å². The zero-order valence-corrected chi connectivity index (χ0v) is 20.0. The van der Waals surface area contributed by atoms with Crippen molar-refractivity contribution in [2.45, 2.75) is 64.1 Å². The number of hydrogen-bond acceptors (Lipinski definition) is 6. The van der Waals surface area contributed by atoms with Gasteiger partial charge in [0.15, 0.2) is 11.5 Å². The molecule has 8 heteroatoms. The van der Waals surface area contributed by atoms with Crippen LogP contribution in [0.25, 0.3) is 0 Å². The molecule has 3 rings (SSSR count). The lowest BCUT2D eigenvalue weighted by atomic mass is 9.97. The van der Waals surface area contributed by atoms with E-state index in [2.05, 4.69) is 29.0 Å². The maximum absolute atomic E-state index is 12.9. The summed E-state index contributed by atoms with van der Waals surface area (Å²) in [6.45, 7) is 6.35. The Bertz CT molecular complexity index is 772. The topological polar surface area (TPSA) is 80.3 Å². The Hall–Kier alpha value is -2.48. The van der Waals surface area contributed by atoms with E-state index in [0.717, 1.165) is 38.8 Å². The minimum atomic E-state index is -0.172. The fourth-order valence-corrected chi connectivity index (χ4v) is 4.90. The Balaban J connectivity index is 1.54. The van der Waals surface area contributed by atoms with Gasteiger partial charge < -0.3 is 24.4 Å². The highest BCUT2D eigenvalue weighted by atomic mass is 16.5. The first-order chi connectivity index (χ1) is 15.4. The average Bonchev–Trinajstić information content (AvgIpc) is 2.79. The maximum Gasteiger partial charge on any atom is 0.251 e. The van der Waals surface area contributed by atoms with E-state index in [1.165, 1.54) is 27.8 Å². The molecule has 2 aliphatic heterocycles. The summed E-state index contributed by atoms with van der Waals surface area (Å²) in [5, 5.41) is 3.11. The van der Waals surface area contributed by atoms with Crippen molar-refractivity contribution in [2.75, 3.05) is 41.0 Å². The van der Waals surface area contributed by atoms with Crippen LogP contribution >= 0.6 is 0 Å². The second-order valence-electron chi connectivity index (χ2n) is 8.87. The maximum atomic E-state index is 12.9. The summed E-state index contributed by atoms with van der Waals surface area (Å²) >= 11 is 0. The number of likely N-dealkylation sites (tertiary alicyclic amines) is 2. The third-order valence-electron chi connectivity index (χ3n) is 6.69. The van der Waals surface area contributed by atoms with Crippen LogP contribution in [0.15, 0.2) is 12.1 Å². The molecular weight excluding hydrogens is 410 g/mol. The number of nitrogens with zero attached hydrogens (tertiary/aromatic N) is 2. The fourth-order valence-electron chi connectivity index (χ4n) is 4.90. The molecular formula is C24H37N3O5. The van der Waals surface area contributed by atoms with Gasteiger partial charge in [-0.25, -0.2) is 0 Å². The molecule has 0 aliphatic carbocycles.